The van der Waals surface area contributed by atoms with Crippen molar-refractivity contribution in [1.82, 2.24) is 0 Å². The summed E-state index contributed by atoms with van der Waals surface area (Å²) in [7, 11) is 0. The van der Waals surface area contributed by atoms with Crippen LogP contribution in [-0.4, -0.2) is 0 Å². The Kier molecular flexibility index (Phi) is 8.65. The minimum absolute atomic E-state index is 0.164. The summed E-state index contributed by atoms with van der Waals surface area (Å²) in [5.41, 5.74) is 10.8. The minimum Gasteiger partial charge on any atom is -0.0841 e. The molecule has 0 bridgehead atoms. The second-order valence-electron chi connectivity index (χ2n) is 11.4. The Morgan fingerprint density at radius 2 is 1.30 bits per heavy atom. The maximum Gasteiger partial charge on any atom is 0.0215 e. The van der Waals surface area contributed by atoms with Crippen molar-refractivity contribution in [2.45, 2.75) is 124 Å². The van der Waals surface area contributed by atoms with Gasteiger partial charge >= 0.3 is 0 Å². The van der Waals surface area contributed by atoms with Gasteiger partial charge in [0.05, 0.1) is 0 Å². The summed E-state index contributed by atoms with van der Waals surface area (Å²) in [6.07, 6.45) is 15.5. The zero-order valence-electron chi connectivity index (χ0n) is 22.6. The van der Waals surface area contributed by atoms with Crippen molar-refractivity contribution >= 4 is 5.57 Å². The van der Waals surface area contributed by atoms with Gasteiger partial charge in [0.25, 0.3) is 0 Å². The molecule has 0 heteroatoms. The van der Waals surface area contributed by atoms with Crippen LogP contribution in [0.4, 0.5) is 0 Å². The van der Waals surface area contributed by atoms with E-state index in [0.717, 1.165) is 0 Å². The van der Waals surface area contributed by atoms with Gasteiger partial charge in [-0.25, -0.2) is 0 Å². The van der Waals surface area contributed by atoms with Crippen molar-refractivity contribution in [2.75, 3.05) is 0 Å². The molecule has 0 fully saturated rings. The second kappa shape index (κ2) is 11.1. The van der Waals surface area contributed by atoms with E-state index < -0.39 is 0 Å². The Labute approximate surface area is 204 Å². The van der Waals surface area contributed by atoms with Crippen LogP contribution < -0.4 is 0 Å². The summed E-state index contributed by atoms with van der Waals surface area (Å²) in [5, 5.41) is 0. The molecule has 1 aliphatic carbocycles. The number of allylic oxidation sites excluding steroid dienone is 2. The van der Waals surface area contributed by atoms with Gasteiger partial charge in [-0.2, -0.15) is 0 Å². The lowest BCUT2D eigenvalue weighted by Crippen LogP contribution is -2.26. The van der Waals surface area contributed by atoms with Crippen LogP contribution in [-0.2, 0) is 10.8 Å². The summed E-state index contributed by atoms with van der Waals surface area (Å²) < 4.78 is 0. The number of hydrogen-bond acceptors (Lipinski definition) is 0. The molecule has 0 atom stereocenters. The Morgan fingerprint density at radius 1 is 0.758 bits per heavy atom. The van der Waals surface area contributed by atoms with Gasteiger partial charge in [0, 0.05) is 5.41 Å². The van der Waals surface area contributed by atoms with E-state index in [1.165, 1.54) is 92.0 Å². The van der Waals surface area contributed by atoms with Gasteiger partial charge in [0.1, 0.15) is 0 Å². The van der Waals surface area contributed by atoms with Crippen molar-refractivity contribution in [3.05, 3.63) is 64.7 Å². The third-order valence-electron chi connectivity index (χ3n) is 8.03. The van der Waals surface area contributed by atoms with Gasteiger partial charge < -0.3 is 0 Å². The molecule has 0 N–H and O–H groups in total. The lowest BCUT2D eigenvalue weighted by atomic mass is 9.69. The summed E-state index contributed by atoms with van der Waals surface area (Å²) in [4.78, 5) is 0. The fraction of sp³-hybridized carbons (Fsp3) is 0.576. The average molecular weight is 445 g/mol. The van der Waals surface area contributed by atoms with E-state index in [4.69, 9.17) is 0 Å². The van der Waals surface area contributed by atoms with Crippen LogP contribution in [0.1, 0.15) is 135 Å². The van der Waals surface area contributed by atoms with Crippen LogP contribution in [0.15, 0.2) is 42.5 Å². The molecule has 2 aromatic carbocycles. The SMILES string of the molecule is C/C=C(\C)c1ccc2c(c1)C(CCCCCC)(CCCCCC)c1cc(C(C)(C)C)ccc1-2. The standard InChI is InChI=1S/C33H48/c1-8-11-13-15-21-33(22-16-14-12-9-2)30-23-26(25(4)10-3)17-19-28(30)29-20-18-27(24-31(29)33)32(5,6)7/h10,17-20,23-24H,8-9,11-16,21-22H2,1-7H3/b25-10+. The zero-order valence-corrected chi connectivity index (χ0v) is 22.6. The number of benzene rings is 2. The number of rotatable bonds is 11. The van der Waals surface area contributed by atoms with E-state index in [0.29, 0.717) is 0 Å². The highest BCUT2D eigenvalue weighted by molar-refractivity contribution is 5.83. The third-order valence-corrected chi connectivity index (χ3v) is 8.03. The van der Waals surface area contributed by atoms with E-state index in [9.17, 15) is 0 Å². The molecule has 0 saturated carbocycles. The molecule has 0 saturated heterocycles. The van der Waals surface area contributed by atoms with Crippen LogP contribution in [0.5, 0.6) is 0 Å². The lowest BCUT2D eigenvalue weighted by molar-refractivity contribution is 0.400. The molecule has 1 aliphatic rings. The molecule has 33 heavy (non-hydrogen) atoms. The van der Waals surface area contributed by atoms with Crippen LogP contribution in [0, 0.1) is 0 Å². The Bertz CT molecular complexity index is 938. The van der Waals surface area contributed by atoms with Crippen LogP contribution in [0.3, 0.4) is 0 Å². The van der Waals surface area contributed by atoms with Gasteiger partial charge in [-0.1, -0.05) is 122 Å². The largest absolute Gasteiger partial charge is 0.0841 e. The molecule has 3 rings (SSSR count). The summed E-state index contributed by atoms with van der Waals surface area (Å²) in [5.74, 6) is 0. The summed E-state index contributed by atoms with van der Waals surface area (Å²) >= 11 is 0. The first-order valence-electron chi connectivity index (χ1n) is 13.7. The molecule has 0 aliphatic heterocycles. The van der Waals surface area contributed by atoms with E-state index in [-0.39, 0.29) is 10.8 Å². The highest BCUT2D eigenvalue weighted by Gasteiger charge is 2.42. The van der Waals surface area contributed by atoms with E-state index in [1.54, 1.807) is 11.1 Å². The summed E-state index contributed by atoms with van der Waals surface area (Å²) in [6, 6.07) is 14.7. The molecule has 0 aromatic heterocycles. The van der Waals surface area contributed by atoms with Crippen molar-refractivity contribution in [1.29, 1.82) is 0 Å². The first kappa shape index (κ1) is 25.8. The number of hydrogen-bond donors (Lipinski definition) is 0. The van der Waals surface area contributed by atoms with Crippen molar-refractivity contribution in [2.24, 2.45) is 0 Å². The van der Waals surface area contributed by atoms with Crippen molar-refractivity contribution in [3.63, 3.8) is 0 Å². The average Bonchev–Trinajstić information content (AvgIpc) is 3.07. The van der Waals surface area contributed by atoms with Gasteiger partial charge in [-0.3, -0.25) is 0 Å². The monoisotopic (exact) mass is 444 g/mol. The second-order valence-corrected chi connectivity index (χ2v) is 11.4. The van der Waals surface area contributed by atoms with E-state index in [1.807, 2.05) is 0 Å². The molecule has 0 unspecified atom stereocenters. The Balaban J connectivity index is 2.17. The lowest BCUT2D eigenvalue weighted by Gasteiger charge is -2.34. The predicted octanol–water partition coefficient (Wildman–Crippen LogP) is 10.6. The molecule has 0 heterocycles. The fourth-order valence-corrected chi connectivity index (χ4v) is 5.74. The molecule has 0 radical (unpaired) electrons. The maximum absolute atomic E-state index is 2.59. The normalized spacial score (nSPS) is 14.9. The molecular weight excluding hydrogens is 396 g/mol. The van der Waals surface area contributed by atoms with E-state index in [2.05, 4.69) is 90.9 Å². The highest BCUT2D eigenvalue weighted by atomic mass is 14.5. The van der Waals surface area contributed by atoms with Crippen molar-refractivity contribution < 1.29 is 0 Å². The first-order chi connectivity index (χ1) is 15.8. The summed E-state index contributed by atoms with van der Waals surface area (Å²) in [6.45, 7) is 16.1. The topological polar surface area (TPSA) is 0 Å². The molecule has 2 aromatic rings. The number of unbranched alkanes of at least 4 members (excludes halogenated alkanes) is 6. The Morgan fingerprint density at radius 3 is 1.82 bits per heavy atom. The van der Waals surface area contributed by atoms with Crippen LogP contribution >= 0.6 is 0 Å². The Hall–Kier alpha value is -1.82. The van der Waals surface area contributed by atoms with Gasteiger partial charge in [0.15, 0.2) is 0 Å². The van der Waals surface area contributed by atoms with Crippen LogP contribution in [0.2, 0.25) is 0 Å². The highest BCUT2D eigenvalue weighted by Crippen LogP contribution is 2.55. The molecule has 0 amide bonds. The molecule has 0 spiro atoms. The maximum atomic E-state index is 2.59. The smallest absolute Gasteiger partial charge is 0.0215 e. The van der Waals surface area contributed by atoms with Gasteiger partial charge in [-0.15, -0.1) is 0 Å². The third kappa shape index (κ3) is 5.47. The number of fused-ring (bicyclic) bond motifs is 3. The minimum atomic E-state index is 0.164. The van der Waals surface area contributed by atoms with E-state index >= 15 is 0 Å². The molecule has 180 valence electrons. The zero-order chi connectivity index (χ0) is 24.1. The first-order valence-corrected chi connectivity index (χ1v) is 13.7. The van der Waals surface area contributed by atoms with Crippen LogP contribution in [0.25, 0.3) is 16.7 Å². The predicted molar refractivity (Wildman–Crippen MR) is 148 cm³/mol. The quantitative estimate of drug-likeness (QED) is 0.302. The molecule has 0 nitrogen and oxygen atoms in total. The fourth-order valence-electron chi connectivity index (χ4n) is 5.74. The van der Waals surface area contributed by atoms with Gasteiger partial charge in [0.2, 0.25) is 0 Å². The van der Waals surface area contributed by atoms with Crippen molar-refractivity contribution in [3.8, 4) is 11.1 Å². The molecular formula is C33H48. The van der Waals surface area contributed by atoms with Gasteiger partial charge in [-0.05, 0) is 77.1 Å².